The number of nitrogens with zero attached hydrogens (tertiary/aromatic N) is 2. The molecule has 0 spiro atoms. The lowest BCUT2D eigenvalue weighted by Gasteiger charge is -2.03. The molecule has 2 aromatic rings. The van der Waals surface area contributed by atoms with Crippen molar-refractivity contribution in [3.8, 4) is 11.8 Å². The first kappa shape index (κ1) is 10.9. The van der Waals surface area contributed by atoms with E-state index in [1.165, 1.54) is 11.3 Å². The lowest BCUT2D eigenvalue weighted by Crippen LogP contribution is -1.92. The third-order valence-electron chi connectivity index (χ3n) is 1.87. The second-order valence-corrected chi connectivity index (χ2v) is 4.71. The number of hydrogen-bond donors (Lipinski definition) is 0. The van der Waals surface area contributed by atoms with Gasteiger partial charge in [-0.1, -0.05) is 17.7 Å². The van der Waals surface area contributed by atoms with Gasteiger partial charge in [0.25, 0.3) is 0 Å². The molecule has 0 amide bonds. The number of thiazole rings is 1. The van der Waals surface area contributed by atoms with E-state index in [-0.39, 0.29) is 0 Å². The highest BCUT2D eigenvalue weighted by Gasteiger charge is 2.01. The van der Waals surface area contributed by atoms with Crippen LogP contribution in [0.1, 0.15) is 10.4 Å². The van der Waals surface area contributed by atoms with Crippen LogP contribution in [0.2, 0.25) is 4.47 Å². The van der Waals surface area contributed by atoms with Gasteiger partial charge in [-0.05, 0) is 18.2 Å². The summed E-state index contributed by atoms with van der Waals surface area (Å²) in [5, 5.41) is 8.72. The van der Waals surface area contributed by atoms with Gasteiger partial charge in [-0.25, -0.2) is 4.98 Å². The average Bonchev–Trinajstić information content (AvgIpc) is 2.73. The highest BCUT2D eigenvalue weighted by atomic mass is 35.5. The minimum atomic E-state index is 0.416. The fourth-order valence-corrected chi connectivity index (χ4v) is 2.05. The Morgan fingerprint density at radius 1 is 1.50 bits per heavy atom. The van der Waals surface area contributed by atoms with Crippen molar-refractivity contribution in [2.45, 2.75) is 6.61 Å². The molecule has 0 saturated carbocycles. The Morgan fingerprint density at radius 3 is 3.06 bits per heavy atom. The van der Waals surface area contributed by atoms with Gasteiger partial charge in [0.05, 0.1) is 16.5 Å². The fourth-order valence-electron chi connectivity index (χ4n) is 1.16. The van der Waals surface area contributed by atoms with Gasteiger partial charge < -0.3 is 4.74 Å². The molecule has 0 aliphatic rings. The van der Waals surface area contributed by atoms with Gasteiger partial charge in [-0.15, -0.1) is 11.3 Å². The molecule has 2 rings (SSSR count). The Hall–Kier alpha value is -1.57. The van der Waals surface area contributed by atoms with Crippen molar-refractivity contribution < 1.29 is 4.74 Å². The Balaban J connectivity index is 2.02. The highest BCUT2D eigenvalue weighted by molar-refractivity contribution is 7.15. The van der Waals surface area contributed by atoms with Crippen molar-refractivity contribution in [3.05, 3.63) is 45.4 Å². The summed E-state index contributed by atoms with van der Waals surface area (Å²) in [6.07, 6.45) is 1.68. The molecule has 1 aromatic carbocycles. The zero-order valence-electron chi connectivity index (χ0n) is 8.18. The van der Waals surface area contributed by atoms with Crippen LogP contribution in [0.25, 0.3) is 0 Å². The molecule has 0 saturated heterocycles. The van der Waals surface area contributed by atoms with Crippen molar-refractivity contribution in [2.75, 3.05) is 0 Å². The highest BCUT2D eigenvalue weighted by Crippen LogP contribution is 2.20. The number of ether oxygens (including phenoxy) is 1. The second kappa shape index (κ2) is 4.97. The van der Waals surface area contributed by atoms with Crippen molar-refractivity contribution in [1.29, 1.82) is 5.26 Å². The summed E-state index contributed by atoms with van der Waals surface area (Å²) >= 11 is 7.08. The summed E-state index contributed by atoms with van der Waals surface area (Å²) in [7, 11) is 0. The van der Waals surface area contributed by atoms with Crippen LogP contribution >= 0.6 is 22.9 Å². The molecule has 0 radical (unpaired) electrons. The standard InChI is InChI=1S/C11H7ClN2OS/c12-11-14-6-10(16-11)7-15-9-3-1-2-8(4-9)5-13/h1-4,6H,7H2. The molecule has 0 aliphatic heterocycles. The van der Waals surface area contributed by atoms with Gasteiger partial charge >= 0.3 is 0 Å². The summed E-state index contributed by atoms with van der Waals surface area (Å²) in [6.45, 7) is 0.416. The molecule has 1 heterocycles. The quantitative estimate of drug-likeness (QED) is 0.840. The molecule has 0 unspecified atom stereocenters. The lowest BCUT2D eigenvalue weighted by molar-refractivity contribution is 0.309. The number of rotatable bonds is 3. The van der Waals surface area contributed by atoms with Crippen LogP contribution in [-0.2, 0) is 6.61 Å². The van der Waals surface area contributed by atoms with E-state index in [9.17, 15) is 0 Å². The Morgan fingerprint density at radius 2 is 2.38 bits per heavy atom. The molecule has 80 valence electrons. The van der Waals surface area contributed by atoms with Gasteiger partial charge in [0.1, 0.15) is 12.4 Å². The summed E-state index contributed by atoms with van der Waals surface area (Å²) in [5.41, 5.74) is 0.583. The molecular formula is C11H7ClN2OS. The van der Waals surface area contributed by atoms with Crippen LogP contribution in [0, 0.1) is 11.3 Å². The Bertz CT molecular complexity index is 533. The van der Waals surface area contributed by atoms with Crippen LogP contribution in [0.5, 0.6) is 5.75 Å². The predicted molar refractivity (Wildman–Crippen MR) is 62.6 cm³/mol. The van der Waals surface area contributed by atoms with E-state index < -0.39 is 0 Å². The summed E-state index contributed by atoms with van der Waals surface area (Å²) in [5.74, 6) is 0.670. The number of hydrogen-bond acceptors (Lipinski definition) is 4. The Kier molecular flexibility index (Phi) is 3.40. The van der Waals surface area contributed by atoms with Crippen molar-refractivity contribution in [2.24, 2.45) is 0 Å². The molecule has 1 aromatic heterocycles. The van der Waals surface area contributed by atoms with E-state index >= 15 is 0 Å². The maximum absolute atomic E-state index is 8.72. The first-order chi connectivity index (χ1) is 7.78. The zero-order valence-corrected chi connectivity index (χ0v) is 9.76. The van der Waals surface area contributed by atoms with Crippen LogP contribution in [-0.4, -0.2) is 4.98 Å². The summed E-state index contributed by atoms with van der Waals surface area (Å²) < 4.78 is 6.01. The minimum Gasteiger partial charge on any atom is -0.488 e. The third kappa shape index (κ3) is 2.72. The van der Waals surface area contributed by atoms with Crippen molar-refractivity contribution in [1.82, 2.24) is 4.98 Å². The average molecular weight is 251 g/mol. The van der Waals surface area contributed by atoms with Gasteiger partial charge in [-0.3, -0.25) is 0 Å². The number of benzene rings is 1. The molecule has 3 nitrogen and oxygen atoms in total. The normalized spacial score (nSPS) is 9.75. The van der Waals surface area contributed by atoms with Gasteiger partial charge in [0.15, 0.2) is 4.47 Å². The third-order valence-corrected chi connectivity index (χ3v) is 2.96. The van der Waals surface area contributed by atoms with Crippen LogP contribution in [0.3, 0.4) is 0 Å². The second-order valence-electron chi connectivity index (χ2n) is 3.01. The van der Waals surface area contributed by atoms with E-state index in [2.05, 4.69) is 11.1 Å². The predicted octanol–water partition coefficient (Wildman–Crippen LogP) is 3.25. The first-order valence-electron chi connectivity index (χ1n) is 4.51. The molecule has 0 N–H and O–H groups in total. The topological polar surface area (TPSA) is 45.9 Å². The SMILES string of the molecule is N#Cc1cccc(OCc2cnc(Cl)s2)c1. The maximum atomic E-state index is 8.72. The van der Waals surface area contributed by atoms with E-state index in [4.69, 9.17) is 21.6 Å². The largest absolute Gasteiger partial charge is 0.488 e. The van der Waals surface area contributed by atoms with Crippen LogP contribution < -0.4 is 4.74 Å². The van der Waals surface area contributed by atoms with E-state index in [1.54, 1.807) is 24.4 Å². The molecule has 0 aliphatic carbocycles. The maximum Gasteiger partial charge on any atom is 0.183 e. The fraction of sp³-hybridized carbons (Fsp3) is 0.0909. The Labute approximate surface area is 102 Å². The molecule has 5 heteroatoms. The van der Waals surface area contributed by atoms with Crippen molar-refractivity contribution in [3.63, 3.8) is 0 Å². The smallest absolute Gasteiger partial charge is 0.183 e. The van der Waals surface area contributed by atoms with E-state index in [1.807, 2.05) is 6.07 Å². The molecule has 0 bridgehead atoms. The van der Waals surface area contributed by atoms with E-state index in [0.29, 0.717) is 22.4 Å². The minimum absolute atomic E-state index is 0.416. The summed E-state index contributed by atoms with van der Waals surface area (Å²) in [4.78, 5) is 4.87. The van der Waals surface area contributed by atoms with Gasteiger partial charge in [0, 0.05) is 6.20 Å². The van der Waals surface area contributed by atoms with E-state index in [0.717, 1.165) is 4.88 Å². The van der Waals surface area contributed by atoms with Gasteiger partial charge in [-0.2, -0.15) is 5.26 Å². The first-order valence-corrected chi connectivity index (χ1v) is 5.70. The van der Waals surface area contributed by atoms with Gasteiger partial charge in [0.2, 0.25) is 0 Å². The van der Waals surface area contributed by atoms with Crippen molar-refractivity contribution >= 4 is 22.9 Å². The number of nitriles is 1. The monoisotopic (exact) mass is 250 g/mol. The van der Waals surface area contributed by atoms with Crippen LogP contribution in [0.4, 0.5) is 0 Å². The molecule has 16 heavy (non-hydrogen) atoms. The molecule has 0 fully saturated rings. The van der Waals surface area contributed by atoms with Crippen LogP contribution in [0.15, 0.2) is 30.5 Å². The number of halogens is 1. The zero-order chi connectivity index (χ0) is 11.4. The molecule has 0 atom stereocenters. The molecular weight excluding hydrogens is 244 g/mol. The number of aromatic nitrogens is 1. The summed E-state index contributed by atoms with van der Waals surface area (Å²) in [6, 6.07) is 9.08. The lowest BCUT2D eigenvalue weighted by atomic mass is 10.2.